The quantitative estimate of drug-likeness (QED) is 0.555. The molecule has 0 aliphatic carbocycles. The molecule has 0 bridgehead atoms. The summed E-state index contributed by atoms with van der Waals surface area (Å²) >= 11 is 7.50. The van der Waals surface area contributed by atoms with Gasteiger partial charge < -0.3 is 15.4 Å². The number of imide groups is 1. The van der Waals surface area contributed by atoms with Gasteiger partial charge in [-0.1, -0.05) is 23.7 Å². The van der Waals surface area contributed by atoms with Crippen molar-refractivity contribution in [3.8, 4) is 0 Å². The summed E-state index contributed by atoms with van der Waals surface area (Å²) in [5, 5.41) is 7.07. The van der Waals surface area contributed by atoms with E-state index in [0.29, 0.717) is 12.2 Å². The Bertz CT molecular complexity index is 701. The van der Waals surface area contributed by atoms with E-state index >= 15 is 0 Å². The first kappa shape index (κ1) is 22.8. The topological polar surface area (TPSA) is 114 Å². The number of nitrogens with one attached hydrogen (secondary N) is 3. The van der Waals surface area contributed by atoms with Crippen LogP contribution in [-0.2, 0) is 14.3 Å². The average Bonchev–Trinajstić information content (AvgIpc) is 2.64. The van der Waals surface area contributed by atoms with Crippen molar-refractivity contribution >= 4 is 47.2 Å². The largest absolute Gasteiger partial charge is 0.451 e. The molecule has 0 saturated heterocycles. The molecule has 0 radical (unpaired) electrons. The number of carbonyl (C=O) groups excluding carboxylic acids is 4. The van der Waals surface area contributed by atoms with Crippen molar-refractivity contribution in [3.63, 3.8) is 0 Å². The number of carbonyl (C=O) groups is 4. The molecular weight excluding hydrogens is 394 g/mol. The number of rotatable bonds is 8. The highest BCUT2D eigenvalue weighted by molar-refractivity contribution is 7.98. The molecule has 0 unspecified atom stereocenters. The van der Waals surface area contributed by atoms with Gasteiger partial charge in [0.05, 0.1) is 10.6 Å². The van der Waals surface area contributed by atoms with Gasteiger partial charge in [0.2, 0.25) is 0 Å². The van der Waals surface area contributed by atoms with Crippen molar-refractivity contribution in [2.75, 3.05) is 19.1 Å². The minimum absolute atomic E-state index is 0.228. The minimum Gasteiger partial charge on any atom is -0.451 e. The van der Waals surface area contributed by atoms with E-state index in [4.69, 9.17) is 16.3 Å². The zero-order valence-electron chi connectivity index (χ0n) is 15.2. The third-order valence-corrected chi connectivity index (χ3v) is 4.42. The third-order valence-electron chi connectivity index (χ3n) is 3.44. The molecule has 148 valence electrons. The number of hydrogen-bond acceptors (Lipinski definition) is 6. The number of urea groups is 1. The highest BCUT2D eigenvalue weighted by Crippen LogP contribution is 2.15. The van der Waals surface area contributed by atoms with Gasteiger partial charge in [-0.2, -0.15) is 11.8 Å². The molecule has 3 N–H and O–H groups in total. The van der Waals surface area contributed by atoms with Crippen molar-refractivity contribution in [2.45, 2.75) is 25.5 Å². The summed E-state index contributed by atoms with van der Waals surface area (Å²) in [6.07, 6.45) is 0.960. The highest BCUT2D eigenvalue weighted by Gasteiger charge is 2.27. The normalized spacial score (nSPS) is 12.4. The number of hydrogen-bond donors (Lipinski definition) is 3. The van der Waals surface area contributed by atoms with Gasteiger partial charge in [0.15, 0.2) is 6.10 Å². The van der Waals surface area contributed by atoms with Crippen molar-refractivity contribution in [1.29, 1.82) is 0 Å². The first-order chi connectivity index (χ1) is 12.8. The van der Waals surface area contributed by atoms with Gasteiger partial charge in [-0.25, -0.2) is 9.59 Å². The Morgan fingerprint density at radius 1 is 1.22 bits per heavy atom. The molecule has 0 aliphatic rings. The van der Waals surface area contributed by atoms with Crippen LogP contribution in [0.1, 0.15) is 23.7 Å². The van der Waals surface area contributed by atoms with Crippen LogP contribution in [-0.4, -0.2) is 55.0 Å². The van der Waals surface area contributed by atoms with Gasteiger partial charge >= 0.3 is 12.0 Å². The fraction of sp³-hybridized carbons (Fsp3) is 0.412. The van der Waals surface area contributed by atoms with Gasteiger partial charge in [0.25, 0.3) is 11.8 Å². The van der Waals surface area contributed by atoms with Gasteiger partial charge in [0.1, 0.15) is 6.04 Å². The fourth-order valence-electron chi connectivity index (χ4n) is 1.95. The highest BCUT2D eigenvalue weighted by atomic mass is 35.5. The summed E-state index contributed by atoms with van der Waals surface area (Å²) in [6, 6.07) is 4.77. The van der Waals surface area contributed by atoms with Crippen LogP contribution in [0.2, 0.25) is 5.02 Å². The molecule has 0 saturated carbocycles. The standard InChI is InChI=1S/C17H22ClN3O5S/c1-10(14(22)21-17(25)19-2)26-16(24)13(8-9-27-3)20-15(23)11-6-4-5-7-12(11)18/h4-7,10,13H,8-9H2,1-3H3,(H,20,23)(H2,19,21,22,25)/t10-,13-/m0/s1. The van der Waals surface area contributed by atoms with E-state index in [9.17, 15) is 19.2 Å². The summed E-state index contributed by atoms with van der Waals surface area (Å²) in [6.45, 7) is 1.33. The lowest BCUT2D eigenvalue weighted by atomic mass is 10.1. The average molecular weight is 416 g/mol. The Morgan fingerprint density at radius 2 is 1.89 bits per heavy atom. The number of amides is 4. The second-order valence-electron chi connectivity index (χ2n) is 5.43. The first-order valence-corrected chi connectivity index (χ1v) is 9.84. The van der Waals surface area contributed by atoms with Crippen molar-refractivity contribution in [2.24, 2.45) is 0 Å². The Labute approximate surface area is 166 Å². The molecule has 10 heteroatoms. The van der Waals surface area contributed by atoms with Crippen LogP contribution >= 0.6 is 23.4 Å². The summed E-state index contributed by atoms with van der Waals surface area (Å²) in [7, 11) is 1.35. The van der Waals surface area contributed by atoms with E-state index in [1.165, 1.54) is 31.8 Å². The first-order valence-electron chi connectivity index (χ1n) is 8.07. The van der Waals surface area contributed by atoms with E-state index in [2.05, 4.69) is 10.6 Å². The summed E-state index contributed by atoms with van der Waals surface area (Å²) in [4.78, 5) is 47.8. The zero-order valence-corrected chi connectivity index (χ0v) is 16.8. The van der Waals surface area contributed by atoms with Crippen molar-refractivity contribution < 1.29 is 23.9 Å². The van der Waals surface area contributed by atoms with Gasteiger partial charge in [0, 0.05) is 7.05 Å². The van der Waals surface area contributed by atoms with Crippen molar-refractivity contribution in [1.82, 2.24) is 16.0 Å². The number of ether oxygens (including phenoxy) is 1. The molecular formula is C17H22ClN3O5S. The van der Waals surface area contributed by atoms with Crippen LogP contribution in [0.3, 0.4) is 0 Å². The van der Waals surface area contributed by atoms with E-state index in [1.807, 2.05) is 11.6 Å². The predicted octanol–water partition coefficient (Wildman–Crippen LogP) is 1.58. The van der Waals surface area contributed by atoms with Crippen LogP contribution in [0, 0.1) is 0 Å². The van der Waals surface area contributed by atoms with Crippen LogP contribution in [0.5, 0.6) is 0 Å². The van der Waals surface area contributed by atoms with Gasteiger partial charge in [-0.05, 0) is 37.5 Å². The van der Waals surface area contributed by atoms with Crippen LogP contribution in [0.15, 0.2) is 24.3 Å². The molecule has 2 atom stereocenters. The van der Waals surface area contributed by atoms with Crippen LogP contribution in [0.4, 0.5) is 4.79 Å². The molecule has 0 spiro atoms. The molecule has 1 rings (SSSR count). The van der Waals surface area contributed by atoms with E-state index in [1.54, 1.807) is 18.2 Å². The molecule has 1 aromatic carbocycles. The second-order valence-corrected chi connectivity index (χ2v) is 6.83. The lowest BCUT2D eigenvalue weighted by molar-refractivity contribution is -0.156. The molecule has 4 amide bonds. The summed E-state index contributed by atoms with van der Waals surface area (Å²) in [5.41, 5.74) is 0.228. The lowest BCUT2D eigenvalue weighted by Crippen LogP contribution is -2.47. The smallest absolute Gasteiger partial charge is 0.329 e. The molecule has 0 aliphatic heterocycles. The zero-order chi connectivity index (χ0) is 20.4. The van der Waals surface area contributed by atoms with Gasteiger partial charge in [-0.15, -0.1) is 0 Å². The van der Waals surface area contributed by atoms with Crippen LogP contribution < -0.4 is 16.0 Å². The van der Waals surface area contributed by atoms with Gasteiger partial charge in [-0.3, -0.25) is 14.9 Å². The maximum Gasteiger partial charge on any atom is 0.329 e. The lowest BCUT2D eigenvalue weighted by Gasteiger charge is -2.20. The number of thioether (sulfide) groups is 1. The summed E-state index contributed by atoms with van der Waals surface area (Å²) < 4.78 is 5.10. The SMILES string of the molecule is CNC(=O)NC(=O)[C@H](C)OC(=O)[C@H](CCSC)NC(=O)c1ccccc1Cl. The van der Waals surface area contributed by atoms with E-state index in [0.717, 1.165) is 0 Å². The Hall–Kier alpha value is -2.26. The second kappa shape index (κ2) is 11.5. The third kappa shape index (κ3) is 7.48. The Balaban J connectivity index is 2.78. The van der Waals surface area contributed by atoms with E-state index in [-0.39, 0.29) is 10.6 Å². The number of halogens is 1. The Kier molecular flexibility index (Phi) is 9.66. The van der Waals surface area contributed by atoms with E-state index < -0.39 is 36.0 Å². The minimum atomic E-state index is -1.20. The van der Waals surface area contributed by atoms with Crippen LogP contribution in [0.25, 0.3) is 0 Å². The fourth-order valence-corrected chi connectivity index (χ4v) is 2.64. The molecule has 0 fully saturated rings. The number of benzene rings is 1. The maximum absolute atomic E-state index is 12.4. The molecule has 0 aromatic heterocycles. The molecule has 0 heterocycles. The molecule has 8 nitrogen and oxygen atoms in total. The van der Waals surface area contributed by atoms with Crippen molar-refractivity contribution in [3.05, 3.63) is 34.9 Å². The summed E-state index contributed by atoms with van der Waals surface area (Å²) in [5.74, 6) is -1.49. The number of esters is 1. The molecule has 27 heavy (non-hydrogen) atoms. The monoisotopic (exact) mass is 415 g/mol. The Morgan fingerprint density at radius 3 is 2.48 bits per heavy atom. The molecule has 1 aromatic rings. The predicted molar refractivity (Wildman–Crippen MR) is 104 cm³/mol. The maximum atomic E-state index is 12.4.